The molecule has 1 aromatic carbocycles. The Hall–Kier alpha value is -3.04. The van der Waals surface area contributed by atoms with E-state index in [4.69, 9.17) is 4.74 Å². The normalized spacial score (nSPS) is 14.4. The van der Waals surface area contributed by atoms with Gasteiger partial charge in [-0.25, -0.2) is 4.98 Å². The molecule has 9 nitrogen and oxygen atoms in total. The SMILES string of the molecule is Cn1ccnc1C(=O)c1cccc(NC(=O)C(=O)NCCCN2CCOCC2)c1. The first-order valence-electron chi connectivity index (χ1n) is 9.56. The lowest BCUT2D eigenvalue weighted by Crippen LogP contribution is -2.39. The molecule has 2 aromatic rings. The fraction of sp³-hybridized carbons (Fsp3) is 0.400. The highest BCUT2D eigenvalue weighted by molar-refractivity contribution is 6.39. The van der Waals surface area contributed by atoms with Crippen molar-refractivity contribution < 1.29 is 19.1 Å². The van der Waals surface area contributed by atoms with Crippen molar-refractivity contribution in [2.24, 2.45) is 7.05 Å². The van der Waals surface area contributed by atoms with Gasteiger partial charge in [0.15, 0.2) is 5.82 Å². The van der Waals surface area contributed by atoms with E-state index in [1.165, 1.54) is 6.07 Å². The summed E-state index contributed by atoms with van der Waals surface area (Å²) in [7, 11) is 1.73. The number of carbonyl (C=O) groups is 3. The number of aromatic nitrogens is 2. The van der Waals surface area contributed by atoms with E-state index in [0.29, 0.717) is 23.6 Å². The average Bonchev–Trinajstić information content (AvgIpc) is 3.17. The number of hydrogen-bond acceptors (Lipinski definition) is 6. The first-order chi connectivity index (χ1) is 14.0. The molecular formula is C20H25N5O4. The number of rotatable bonds is 7. The Balaban J connectivity index is 1.47. The van der Waals surface area contributed by atoms with E-state index in [2.05, 4.69) is 20.5 Å². The third-order valence-electron chi connectivity index (χ3n) is 4.65. The number of amides is 2. The summed E-state index contributed by atoms with van der Waals surface area (Å²) in [6.45, 7) is 4.51. The molecule has 0 bridgehead atoms. The second kappa shape index (κ2) is 9.94. The third-order valence-corrected chi connectivity index (χ3v) is 4.65. The van der Waals surface area contributed by atoms with Crippen LogP contribution in [0.5, 0.6) is 0 Å². The largest absolute Gasteiger partial charge is 0.379 e. The molecule has 0 atom stereocenters. The van der Waals surface area contributed by atoms with Crippen molar-refractivity contribution in [3.8, 4) is 0 Å². The van der Waals surface area contributed by atoms with Gasteiger partial charge in [-0.2, -0.15) is 0 Å². The predicted octanol–water partition coefficient (Wildman–Crippen LogP) is 0.428. The molecule has 9 heteroatoms. The van der Waals surface area contributed by atoms with Gasteiger partial charge in [-0.1, -0.05) is 12.1 Å². The van der Waals surface area contributed by atoms with Gasteiger partial charge >= 0.3 is 11.8 Å². The number of anilines is 1. The van der Waals surface area contributed by atoms with Crippen molar-refractivity contribution in [3.63, 3.8) is 0 Å². The van der Waals surface area contributed by atoms with Gasteiger partial charge in [-0.15, -0.1) is 0 Å². The van der Waals surface area contributed by atoms with Crippen LogP contribution in [0.1, 0.15) is 22.6 Å². The maximum absolute atomic E-state index is 12.5. The molecule has 1 aliphatic rings. The first kappa shape index (κ1) is 20.7. The number of nitrogens with one attached hydrogen (secondary N) is 2. The molecule has 1 fully saturated rings. The maximum Gasteiger partial charge on any atom is 0.313 e. The zero-order chi connectivity index (χ0) is 20.6. The molecule has 2 N–H and O–H groups in total. The van der Waals surface area contributed by atoms with E-state index in [1.54, 1.807) is 42.2 Å². The van der Waals surface area contributed by atoms with Crippen molar-refractivity contribution in [3.05, 3.63) is 48.0 Å². The number of nitrogens with zero attached hydrogens (tertiary/aromatic N) is 3. The molecule has 29 heavy (non-hydrogen) atoms. The van der Waals surface area contributed by atoms with Gasteiger partial charge in [0.05, 0.1) is 13.2 Å². The number of ketones is 1. The van der Waals surface area contributed by atoms with Gasteiger partial charge in [0.1, 0.15) is 0 Å². The van der Waals surface area contributed by atoms with Crippen molar-refractivity contribution in [1.29, 1.82) is 0 Å². The van der Waals surface area contributed by atoms with Crippen molar-refractivity contribution in [1.82, 2.24) is 19.8 Å². The van der Waals surface area contributed by atoms with Gasteiger partial charge in [-0.05, 0) is 25.1 Å². The second-order valence-electron chi connectivity index (χ2n) is 6.79. The van der Waals surface area contributed by atoms with Crippen LogP contribution in [0.25, 0.3) is 0 Å². The lowest BCUT2D eigenvalue weighted by atomic mass is 10.1. The van der Waals surface area contributed by atoms with E-state index < -0.39 is 11.8 Å². The fourth-order valence-corrected chi connectivity index (χ4v) is 3.05. The highest BCUT2D eigenvalue weighted by Gasteiger charge is 2.17. The van der Waals surface area contributed by atoms with E-state index in [0.717, 1.165) is 39.3 Å². The third kappa shape index (κ3) is 5.72. The Morgan fingerprint density at radius 2 is 1.97 bits per heavy atom. The Morgan fingerprint density at radius 1 is 1.17 bits per heavy atom. The number of aryl methyl sites for hydroxylation is 1. The zero-order valence-electron chi connectivity index (χ0n) is 16.4. The summed E-state index contributed by atoms with van der Waals surface area (Å²) in [5.41, 5.74) is 0.751. The monoisotopic (exact) mass is 399 g/mol. The van der Waals surface area contributed by atoms with Crippen LogP contribution in [0, 0.1) is 0 Å². The quantitative estimate of drug-likeness (QED) is 0.397. The van der Waals surface area contributed by atoms with Crippen molar-refractivity contribution in [2.75, 3.05) is 44.7 Å². The van der Waals surface area contributed by atoms with Crippen LogP contribution < -0.4 is 10.6 Å². The fourth-order valence-electron chi connectivity index (χ4n) is 3.05. The smallest absolute Gasteiger partial charge is 0.313 e. The Labute approximate surface area is 169 Å². The highest BCUT2D eigenvalue weighted by Crippen LogP contribution is 2.14. The second-order valence-corrected chi connectivity index (χ2v) is 6.79. The van der Waals surface area contributed by atoms with Crippen molar-refractivity contribution >= 4 is 23.3 Å². The number of imidazole rings is 1. The van der Waals surface area contributed by atoms with Crippen LogP contribution >= 0.6 is 0 Å². The van der Waals surface area contributed by atoms with E-state index >= 15 is 0 Å². The van der Waals surface area contributed by atoms with E-state index in [1.807, 2.05) is 0 Å². The first-order valence-corrected chi connectivity index (χ1v) is 9.56. The minimum Gasteiger partial charge on any atom is -0.379 e. The number of carbonyl (C=O) groups excluding carboxylic acids is 3. The van der Waals surface area contributed by atoms with Crippen LogP contribution in [0.3, 0.4) is 0 Å². The number of ether oxygens (including phenoxy) is 1. The van der Waals surface area contributed by atoms with Gasteiger partial charge < -0.3 is 19.9 Å². The van der Waals surface area contributed by atoms with Crippen LogP contribution in [0.2, 0.25) is 0 Å². The van der Waals surface area contributed by atoms with Gasteiger partial charge in [0.25, 0.3) is 0 Å². The van der Waals surface area contributed by atoms with Crippen LogP contribution in [-0.2, 0) is 21.4 Å². The maximum atomic E-state index is 12.5. The van der Waals surface area contributed by atoms with Crippen LogP contribution in [-0.4, -0.2) is 71.4 Å². The number of hydrogen-bond donors (Lipinski definition) is 2. The summed E-state index contributed by atoms with van der Waals surface area (Å²) >= 11 is 0. The Morgan fingerprint density at radius 3 is 2.69 bits per heavy atom. The summed E-state index contributed by atoms with van der Waals surface area (Å²) in [4.78, 5) is 43.0. The molecule has 0 aliphatic carbocycles. The molecule has 2 amide bonds. The summed E-state index contributed by atoms with van der Waals surface area (Å²) < 4.78 is 6.92. The highest BCUT2D eigenvalue weighted by atomic mass is 16.5. The van der Waals surface area contributed by atoms with Crippen LogP contribution in [0.15, 0.2) is 36.7 Å². The molecule has 3 rings (SSSR count). The van der Waals surface area contributed by atoms with E-state index in [9.17, 15) is 14.4 Å². The van der Waals surface area contributed by atoms with Gasteiger partial charge in [0, 0.05) is 50.3 Å². The summed E-state index contributed by atoms with van der Waals surface area (Å²) in [5, 5.41) is 5.15. The number of morpholine rings is 1. The molecule has 0 saturated carbocycles. The molecule has 154 valence electrons. The average molecular weight is 399 g/mol. The number of benzene rings is 1. The molecule has 0 unspecified atom stereocenters. The van der Waals surface area contributed by atoms with Crippen LogP contribution in [0.4, 0.5) is 5.69 Å². The van der Waals surface area contributed by atoms with Gasteiger partial charge in [-0.3, -0.25) is 19.3 Å². The predicted molar refractivity (Wildman–Crippen MR) is 107 cm³/mol. The Kier molecular flexibility index (Phi) is 7.09. The molecule has 1 aliphatic heterocycles. The van der Waals surface area contributed by atoms with Crippen molar-refractivity contribution in [2.45, 2.75) is 6.42 Å². The summed E-state index contributed by atoms with van der Waals surface area (Å²) in [5.74, 6) is -1.43. The molecule has 1 saturated heterocycles. The molecule has 0 spiro atoms. The summed E-state index contributed by atoms with van der Waals surface area (Å²) in [6, 6.07) is 6.43. The molecule has 1 aromatic heterocycles. The molecular weight excluding hydrogens is 374 g/mol. The lowest BCUT2D eigenvalue weighted by Gasteiger charge is -2.26. The summed E-state index contributed by atoms with van der Waals surface area (Å²) in [6.07, 6.45) is 3.98. The molecule has 2 heterocycles. The lowest BCUT2D eigenvalue weighted by molar-refractivity contribution is -0.136. The Bertz CT molecular complexity index is 873. The standard InChI is InChI=1S/C20H25N5O4/c1-24-9-7-21-18(24)17(26)15-4-2-5-16(14-15)23-20(28)19(27)22-6-3-8-25-10-12-29-13-11-25/h2,4-5,7,9,14H,3,6,8,10-13H2,1H3,(H,22,27)(H,23,28). The van der Waals surface area contributed by atoms with Gasteiger partial charge in [0.2, 0.25) is 5.78 Å². The zero-order valence-corrected chi connectivity index (χ0v) is 16.4. The van der Waals surface area contributed by atoms with E-state index in [-0.39, 0.29) is 5.78 Å². The topological polar surface area (TPSA) is 106 Å². The molecule has 0 radical (unpaired) electrons. The minimum atomic E-state index is -0.766. The minimum absolute atomic E-state index is 0.263.